The highest BCUT2D eigenvalue weighted by Gasteiger charge is 2.49. The molecule has 3 heterocycles. The molecule has 0 radical (unpaired) electrons. The van der Waals surface area contributed by atoms with Gasteiger partial charge in [0.05, 0.1) is 36.7 Å². The maximum absolute atomic E-state index is 12.4. The molecule has 0 spiro atoms. The predicted octanol–water partition coefficient (Wildman–Crippen LogP) is 1.78. The number of aryl methyl sites for hydroxylation is 1. The minimum atomic E-state index is -0.600. The zero-order valence-corrected chi connectivity index (χ0v) is 13.8. The largest absolute Gasteiger partial charge is 0.496 e. The van der Waals surface area contributed by atoms with E-state index in [1.807, 2.05) is 0 Å². The lowest BCUT2D eigenvalue weighted by atomic mass is 9.92. The van der Waals surface area contributed by atoms with Gasteiger partial charge >= 0.3 is 5.63 Å². The summed E-state index contributed by atoms with van der Waals surface area (Å²) >= 11 is 0. The normalized spacial score (nSPS) is 26.5. The molecule has 7 nitrogen and oxygen atoms in total. The van der Waals surface area contributed by atoms with Gasteiger partial charge in [0.2, 0.25) is 6.29 Å². The molecular weight excluding hydrogens is 328 g/mol. The molecule has 2 aromatic rings. The maximum Gasteiger partial charge on any atom is 0.347 e. The van der Waals surface area contributed by atoms with Gasteiger partial charge in [-0.1, -0.05) is 0 Å². The Kier molecular flexibility index (Phi) is 3.02. The van der Waals surface area contributed by atoms with E-state index in [0.29, 0.717) is 47.5 Å². The molecule has 0 unspecified atom stereocenters. The number of hydrogen-bond donors (Lipinski definition) is 0. The third kappa shape index (κ3) is 1.82. The van der Waals surface area contributed by atoms with Crippen LogP contribution < -0.4 is 15.1 Å². The summed E-state index contributed by atoms with van der Waals surface area (Å²) in [6.45, 7) is 0.409. The Morgan fingerprint density at radius 1 is 1.20 bits per heavy atom. The van der Waals surface area contributed by atoms with Crippen LogP contribution in [0.3, 0.4) is 0 Å². The highest BCUT2D eigenvalue weighted by atomic mass is 16.7. The third-order valence-electron chi connectivity index (χ3n) is 5.35. The Bertz CT molecular complexity index is 974. The Labute approximate surface area is 142 Å². The molecule has 1 aromatic heterocycles. The SMILES string of the molecule is COc1cc2c(c3oc(=O)c4c(c13)CCC4=O)[C@H]1[C@@H](OC[C@@H]1OC)O2. The molecule has 2 aliphatic heterocycles. The monoisotopic (exact) mass is 344 g/mol. The molecule has 3 aliphatic rings. The van der Waals surface area contributed by atoms with Crippen molar-refractivity contribution >= 4 is 16.8 Å². The maximum atomic E-state index is 12.4. The summed E-state index contributed by atoms with van der Waals surface area (Å²) in [5, 5.41) is 0.674. The standard InChI is InChI=1S/C18H16O7/c1-21-9-5-10-14(15-11(22-2)6-23-18(15)24-10)16-13(9)7-3-4-8(19)12(7)17(20)25-16/h5,11,15,18H,3-4,6H2,1-2H3/t11-,15-,18-/m0/s1. The second kappa shape index (κ2) is 5.06. The summed E-state index contributed by atoms with van der Waals surface area (Å²) in [4.78, 5) is 24.5. The first-order valence-corrected chi connectivity index (χ1v) is 8.19. The van der Waals surface area contributed by atoms with Crippen molar-refractivity contribution in [3.8, 4) is 11.5 Å². The van der Waals surface area contributed by atoms with Crippen LogP contribution in [0.4, 0.5) is 0 Å². The van der Waals surface area contributed by atoms with Crippen molar-refractivity contribution in [2.45, 2.75) is 31.2 Å². The number of hydrogen-bond acceptors (Lipinski definition) is 7. The van der Waals surface area contributed by atoms with Crippen molar-refractivity contribution in [3.05, 3.63) is 33.2 Å². The van der Waals surface area contributed by atoms with Crippen LogP contribution in [0.2, 0.25) is 0 Å². The highest BCUT2D eigenvalue weighted by molar-refractivity contribution is 6.06. The van der Waals surface area contributed by atoms with Gasteiger partial charge in [-0.3, -0.25) is 4.79 Å². The minimum Gasteiger partial charge on any atom is -0.496 e. The second-order valence-electron chi connectivity index (χ2n) is 6.48. The van der Waals surface area contributed by atoms with Gasteiger partial charge in [0.1, 0.15) is 22.6 Å². The molecule has 0 saturated carbocycles. The fraction of sp³-hybridized carbons (Fsp3) is 0.444. The average Bonchev–Trinajstić information content (AvgIpc) is 3.27. The Hall–Kier alpha value is -2.38. The van der Waals surface area contributed by atoms with Crippen molar-refractivity contribution in [2.75, 3.05) is 20.8 Å². The molecule has 1 aliphatic carbocycles. The zero-order valence-electron chi connectivity index (χ0n) is 13.8. The van der Waals surface area contributed by atoms with E-state index in [9.17, 15) is 9.59 Å². The molecule has 3 atom stereocenters. The fourth-order valence-electron chi connectivity index (χ4n) is 4.22. The number of carbonyl (C=O) groups excluding carboxylic acids is 1. The third-order valence-corrected chi connectivity index (χ3v) is 5.35. The van der Waals surface area contributed by atoms with E-state index >= 15 is 0 Å². The predicted molar refractivity (Wildman–Crippen MR) is 85.6 cm³/mol. The second-order valence-corrected chi connectivity index (χ2v) is 6.48. The molecule has 0 amide bonds. The summed E-state index contributed by atoms with van der Waals surface area (Å²) in [7, 11) is 3.16. The summed E-state index contributed by atoms with van der Waals surface area (Å²) in [6.07, 6.45) is 0.148. The minimum absolute atomic E-state index is 0.146. The number of rotatable bonds is 2. The van der Waals surface area contributed by atoms with Gasteiger partial charge in [-0.25, -0.2) is 4.79 Å². The summed E-state index contributed by atoms with van der Waals surface area (Å²) in [5.74, 6) is 0.721. The molecule has 25 heavy (non-hydrogen) atoms. The molecule has 1 aromatic carbocycles. The van der Waals surface area contributed by atoms with Crippen LogP contribution in [-0.4, -0.2) is 39.0 Å². The fourth-order valence-corrected chi connectivity index (χ4v) is 4.22. The van der Waals surface area contributed by atoms with E-state index in [0.717, 1.165) is 5.56 Å². The summed E-state index contributed by atoms with van der Waals surface area (Å²) in [5.41, 5.74) is 1.41. The molecule has 0 N–H and O–H groups in total. The van der Waals surface area contributed by atoms with Crippen molar-refractivity contribution in [2.24, 2.45) is 0 Å². The van der Waals surface area contributed by atoms with Gasteiger partial charge in [0.25, 0.3) is 0 Å². The van der Waals surface area contributed by atoms with Gasteiger partial charge < -0.3 is 23.4 Å². The molecule has 1 fully saturated rings. The number of benzene rings is 1. The van der Waals surface area contributed by atoms with Crippen LogP contribution in [0.15, 0.2) is 15.3 Å². The van der Waals surface area contributed by atoms with E-state index < -0.39 is 11.9 Å². The molecule has 1 saturated heterocycles. The number of methoxy groups -OCH3 is 2. The number of fused-ring (bicyclic) bond motifs is 7. The first-order valence-electron chi connectivity index (χ1n) is 8.19. The van der Waals surface area contributed by atoms with Crippen LogP contribution in [-0.2, 0) is 15.9 Å². The van der Waals surface area contributed by atoms with Gasteiger partial charge in [-0.05, 0) is 12.0 Å². The number of carbonyl (C=O) groups is 1. The van der Waals surface area contributed by atoms with E-state index in [-0.39, 0.29) is 23.4 Å². The van der Waals surface area contributed by atoms with Gasteiger partial charge in [-0.2, -0.15) is 0 Å². The van der Waals surface area contributed by atoms with Crippen molar-refractivity contribution in [1.82, 2.24) is 0 Å². The molecule has 5 rings (SSSR count). The van der Waals surface area contributed by atoms with Gasteiger partial charge in [0, 0.05) is 19.6 Å². The lowest BCUT2D eigenvalue weighted by Gasteiger charge is -2.16. The van der Waals surface area contributed by atoms with Crippen LogP contribution >= 0.6 is 0 Å². The molecular formula is C18H16O7. The highest BCUT2D eigenvalue weighted by Crippen LogP contribution is 2.51. The van der Waals surface area contributed by atoms with Crippen molar-refractivity contribution in [3.63, 3.8) is 0 Å². The van der Waals surface area contributed by atoms with Crippen LogP contribution in [0.5, 0.6) is 11.5 Å². The van der Waals surface area contributed by atoms with E-state index in [4.69, 9.17) is 23.4 Å². The molecule has 130 valence electrons. The molecule has 7 heteroatoms. The van der Waals surface area contributed by atoms with Crippen molar-refractivity contribution in [1.29, 1.82) is 0 Å². The number of ether oxygens (including phenoxy) is 4. The van der Waals surface area contributed by atoms with E-state index in [1.165, 1.54) is 0 Å². The van der Waals surface area contributed by atoms with E-state index in [2.05, 4.69) is 0 Å². The first-order chi connectivity index (χ1) is 12.1. The van der Waals surface area contributed by atoms with Crippen LogP contribution in [0, 0.1) is 0 Å². The number of ketones is 1. The molecule has 0 bridgehead atoms. The number of Topliss-reactive ketones (excluding diaryl/α,β-unsaturated/α-hetero) is 1. The lowest BCUT2D eigenvalue weighted by Crippen LogP contribution is -2.22. The zero-order chi connectivity index (χ0) is 17.3. The first kappa shape index (κ1) is 14.9. The van der Waals surface area contributed by atoms with Crippen LogP contribution in [0.1, 0.15) is 33.8 Å². The quantitative estimate of drug-likeness (QED) is 0.768. The average molecular weight is 344 g/mol. The van der Waals surface area contributed by atoms with Gasteiger partial charge in [-0.15, -0.1) is 0 Å². The Balaban J connectivity index is 1.88. The van der Waals surface area contributed by atoms with Crippen LogP contribution in [0.25, 0.3) is 11.0 Å². The van der Waals surface area contributed by atoms with E-state index in [1.54, 1.807) is 20.3 Å². The summed E-state index contributed by atoms with van der Waals surface area (Å²) < 4.78 is 28.2. The lowest BCUT2D eigenvalue weighted by molar-refractivity contribution is -0.0353. The van der Waals surface area contributed by atoms with Gasteiger partial charge in [0.15, 0.2) is 5.78 Å². The van der Waals surface area contributed by atoms with Crippen molar-refractivity contribution < 1.29 is 28.2 Å². The smallest absolute Gasteiger partial charge is 0.347 e. The summed E-state index contributed by atoms with van der Waals surface area (Å²) in [6, 6.07) is 1.77. The Morgan fingerprint density at radius 2 is 2.04 bits per heavy atom. The topological polar surface area (TPSA) is 84.2 Å². The Morgan fingerprint density at radius 3 is 2.80 bits per heavy atom.